The molecule has 0 aromatic heterocycles. The zero-order chi connectivity index (χ0) is 15.6. The molecule has 1 aliphatic rings. The van der Waals surface area contributed by atoms with E-state index < -0.39 is 17.8 Å². The highest BCUT2D eigenvalue weighted by atomic mass is 16.4. The van der Waals surface area contributed by atoms with E-state index in [1.807, 2.05) is 31.2 Å². The Morgan fingerprint density at radius 3 is 2.52 bits per heavy atom. The van der Waals surface area contributed by atoms with Crippen molar-refractivity contribution in [2.24, 2.45) is 17.8 Å². The molecule has 0 saturated heterocycles. The maximum absolute atomic E-state index is 12.7. The summed E-state index contributed by atoms with van der Waals surface area (Å²) in [4.78, 5) is 25.7. The second-order valence-corrected chi connectivity index (χ2v) is 6.03. The van der Waals surface area contributed by atoms with Gasteiger partial charge in [-0.3, -0.25) is 9.59 Å². The molecular weight excluding hydrogens is 266 g/mol. The van der Waals surface area contributed by atoms with Crippen LogP contribution in [0.15, 0.2) is 24.3 Å². The Bertz CT molecular complexity index is 541. The van der Waals surface area contributed by atoms with Crippen LogP contribution in [-0.2, 0) is 9.59 Å². The number of anilines is 1. The molecule has 4 nitrogen and oxygen atoms in total. The standard InChI is InChI=1S/C17H23NO3/c1-4-12-9-14(15(10-12)17(20)21)16(19)18(3)13-7-5-6-11(2)8-13/h5-8,12,14-15H,4,9-10H2,1-3H3,(H,20,21)/t12?,14-,15+/m0/s1. The number of hydrogen-bond acceptors (Lipinski definition) is 2. The van der Waals surface area contributed by atoms with Gasteiger partial charge in [-0.15, -0.1) is 0 Å². The van der Waals surface area contributed by atoms with Crippen molar-refractivity contribution in [3.63, 3.8) is 0 Å². The van der Waals surface area contributed by atoms with E-state index in [1.54, 1.807) is 11.9 Å². The summed E-state index contributed by atoms with van der Waals surface area (Å²) >= 11 is 0. The normalized spacial score (nSPS) is 24.8. The fraction of sp³-hybridized carbons (Fsp3) is 0.529. The fourth-order valence-corrected chi connectivity index (χ4v) is 3.23. The minimum atomic E-state index is -0.845. The summed E-state index contributed by atoms with van der Waals surface area (Å²) in [5.74, 6) is -1.54. The molecule has 4 heteroatoms. The number of nitrogens with zero attached hydrogens (tertiary/aromatic N) is 1. The van der Waals surface area contributed by atoms with Crippen molar-refractivity contribution in [2.75, 3.05) is 11.9 Å². The van der Waals surface area contributed by atoms with Gasteiger partial charge in [-0.2, -0.15) is 0 Å². The van der Waals surface area contributed by atoms with E-state index in [-0.39, 0.29) is 5.91 Å². The lowest BCUT2D eigenvalue weighted by molar-refractivity contribution is -0.145. The van der Waals surface area contributed by atoms with Crippen LogP contribution in [0, 0.1) is 24.7 Å². The molecule has 0 bridgehead atoms. The SMILES string of the molecule is CCC1C[C@H](C(=O)N(C)c2cccc(C)c2)[C@H](C(=O)O)C1. The molecule has 1 unspecified atom stereocenters. The van der Waals surface area contributed by atoms with Crippen molar-refractivity contribution in [1.82, 2.24) is 0 Å². The van der Waals surface area contributed by atoms with E-state index in [9.17, 15) is 14.7 Å². The van der Waals surface area contributed by atoms with E-state index in [2.05, 4.69) is 6.92 Å². The Balaban J connectivity index is 2.19. The minimum Gasteiger partial charge on any atom is -0.481 e. The van der Waals surface area contributed by atoms with Gasteiger partial charge < -0.3 is 10.0 Å². The molecule has 0 heterocycles. The number of carboxylic acid groups (broad SMARTS) is 1. The first-order chi connectivity index (χ1) is 9.93. The molecule has 1 N–H and O–H groups in total. The van der Waals surface area contributed by atoms with Crippen LogP contribution in [-0.4, -0.2) is 24.0 Å². The summed E-state index contributed by atoms with van der Waals surface area (Å²) in [7, 11) is 1.73. The van der Waals surface area contributed by atoms with Gasteiger partial charge in [0.1, 0.15) is 0 Å². The molecule has 1 aromatic rings. The van der Waals surface area contributed by atoms with Crippen molar-refractivity contribution in [2.45, 2.75) is 33.1 Å². The molecule has 0 aliphatic heterocycles. The lowest BCUT2D eigenvalue weighted by Crippen LogP contribution is -2.36. The van der Waals surface area contributed by atoms with E-state index in [0.717, 1.165) is 17.7 Å². The smallest absolute Gasteiger partial charge is 0.307 e. The molecule has 2 rings (SSSR count). The van der Waals surface area contributed by atoms with Crippen LogP contribution in [0.4, 0.5) is 5.69 Å². The molecule has 1 fully saturated rings. The van der Waals surface area contributed by atoms with Crippen molar-refractivity contribution >= 4 is 17.6 Å². The molecule has 1 saturated carbocycles. The van der Waals surface area contributed by atoms with Crippen LogP contribution < -0.4 is 4.90 Å². The average molecular weight is 289 g/mol. The van der Waals surface area contributed by atoms with Crippen LogP contribution in [0.5, 0.6) is 0 Å². The Morgan fingerprint density at radius 2 is 1.95 bits per heavy atom. The number of aliphatic carboxylic acids is 1. The number of carboxylic acids is 1. The predicted octanol–water partition coefficient (Wildman–Crippen LogP) is 3.09. The average Bonchev–Trinajstić information content (AvgIpc) is 2.90. The van der Waals surface area contributed by atoms with Gasteiger partial charge in [0, 0.05) is 12.7 Å². The lowest BCUT2D eigenvalue weighted by Gasteiger charge is -2.24. The molecule has 114 valence electrons. The highest BCUT2D eigenvalue weighted by molar-refractivity contribution is 5.97. The molecule has 0 spiro atoms. The van der Waals surface area contributed by atoms with Crippen LogP contribution >= 0.6 is 0 Å². The highest BCUT2D eigenvalue weighted by Crippen LogP contribution is 2.39. The topological polar surface area (TPSA) is 57.6 Å². The number of benzene rings is 1. The monoisotopic (exact) mass is 289 g/mol. The van der Waals surface area contributed by atoms with Crippen LogP contribution in [0.1, 0.15) is 31.7 Å². The van der Waals surface area contributed by atoms with Gasteiger partial charge in [0.15, 0.2) is 0 Å². The van der Waals surface area contributed by atoms with E-state index in [1.165, 1.54) is 0 Å². The highest BCUT2D eigenvalue weighted by Gasteiger charge is 2.43. The molecular formula is C17H23NO3. The number of hydrogen-bond donors (Lipinski definition) is 1. The Kier molecular flexibility index (Phi) is 4.66. The maximum atomic E-state index is 12.7. The van der Waals surface area contributed by atoms with Gasteiger partial charge in [0.25, 0.3) is 0 Å². The van der Waals surface area contributed by atoms with Crippen LogP contribution in [0.3, 0.4) is 0 Å². The minimum absolute atomic E-state index is 0.0797. The zero-order valence-electron chi connectivity index (χ0n) is 12.9. The van der Waals surface area contributed by atoms with Gasteiger partial charge in [-0.25, -0.2) is 0 Å². The predicted molar refractivity (Wildman–Crippen MR) is 82.2 cm³/mol. The molecule has 1 aromatic carbocycles. The maximum Gasteiger partial charge on any atom is 0.307 e. The van der Waals surface area contributed by atoms with Crippen molar-refractivity contribution in [3.8, 4) is 0 Å². The Hall–Kier alpha value is -1.84. The van der Waals surface area contributed by atoms with Crippen molar-refractivity contribution < 1.29 is 14.7 Å². The quantitative estimate of drug-likeness (QED) is 0.926. The number of amides is 1. The Labute approximate surface area is 125 Å². The largest absolute Gasteiger partial charge is 0.481 e. The van der Waals surface area contributed by atoms with Gasteiger partial charge in [0.05, 0.1) is 11.8 Å². The second-order valence-electron chi connectivity index (χ2n) is 6.03. The van der Waals surface area contributed by atoms with Crippen molar-refractivity contribution in [3.05, 3.63) is 29.8 Å². The third kappa shape index (κ3) is 3.26. The number of carbonyl (C=O) groups is 2. The second kappa shape index (κ2) is 6.29. The molecule has 21 heavy (non-hydrogen) atoms. The van der Waals surface area contributed by atoms with Gasteiger partial charge in [0.2, 0.25) is 5.91 Å². The number of carbonyl (C=O) groups excluding carboxylic acids is 1. The molecule has 3 atom stereocenters. The van der Waals surface area contributed by atoms with E-state index >= 15 is 0 Å². The van der Waals surface area contributed by atoms with E-state index in [4.69, 9.17) is 0 Å². The zero-order valence-corrected chi connectivity index (χ0v) is 12.9. The summed E-state index contributed by atoms with van der Waals surface area (Å²) in [6, 6.07) is 7.71. The number of rotatable bonds is 4. The first kappa shape index (κ1) is 15.5. The van der Waals surface area contributed by atoms with E-state index in [0.29, 0.717) is 18.8 Å². The third-order valence-corrected chi connectivity index (χ3v) is 4.59. The summed E-state index contributed by atoms with van der Waals surface area (Å²) in [6.45, 7) is 4.03. The Morgan fingerprint density at radius 1 is 1.29 bits per heavy atom. The third-order valence-electron chi connectivity index (χ3n) is 4.59. The fourth-order valence-electron chi connectivity index (χ4n) is 3.23. The summed E-state index contributed by atoms with van der Waals surface area (Å²) in [5, 5.41) is 9.37. The first-order valence-electron chi connectivity index (χ1n) is 7.51. The van der Waals surface area contributed by atoms with Gasteiger partial charge >= 0.3 is 5.97 Å². The molecule has 1 aliphatic carbocycles. The van der Waals surface area contributed by atoms with Crippen LogP contribution in [0.2, 0.25) is 0 Å². The molecule has 0 radical (unpaired) electrons. The number of aryl methyl sites for hydroxylation is 1. The van der Waals surface area contributed by atoms with Gasteiger partial charge in [-0.1, -0.05) is 25.5 Å². The first-order valence-corrected chi connectivity index (χ1v) is 7.51. The summed E-state index contributed by atoms with van der Waals surface area (Å²) < 4.78 is 0. The van der Waals surface area contributed by atoms with Gasteiger partial charge in [-0.05, 0) is 43.4 Å². The lowest BCUT2D eigenvalue weighted by atomic mass is 9.94. The van der Waals surface area contributed by atoms with Crippen molar-refractivity contribution in [1.29, 1.82) is 0 Å². The summed E-state index contributed by atoms with van der Waals surface area (Å²) in [5.41, 5.74) is 1.91. The summed E-state index contributed by atoms with van der Waals surface area (Å²) in [6.07, 6.45) is 2.23. The molecule has 1 amide bonds. The van der Waals surface area contributed by atoms with Crippen LogP contribution in [0.25, 0.3) is 0 Å².